The molecule has 0 aromatic heterocycles. The maximum atomic E-state index is 5.46. The Labute approximate surface area is 53.3 Å². The quantitative estimate of drug-likeness (QED) is 0.227. The summed E-state index contributed by atoms with van der Waals surface area (Å²) < 4.78 is 0. The van der Waals surface area contributed by atoms with Gasteiger partial charge in [0, 0.05) is 6.42 Å². The Balaban J connectivity index is 2.34. The number of rotatable bonds is 0. The maximum Gasteiger partial charge on any atom is 0.0736 e. The van der Waals surface area contributed by atoms with Crippen LogP contribution in [0.15, 0.2) is 0 Å². The fraction of sp³-hybridized carbons (Fsp3) is 1.00. The van der Waals surface area contributed by atoms with Gasteiger partial charge in [-0.25, -0.2) is 16.7 Å². The van der Waals surface area contributed by atoms with Crippen molar-refractivity contribution in [1.29, 1.82) is 0 Å². The third kappa shape index (κ3) is 1.86. The lowest BCUT2D eigenvalue weighted by molar-refractivity contribution is 0.0250. The third-order valence-corrected chi connectivity index (χ3v) is 1.12. The van der Waals surface area contributed by atoms with Crippen molar-refractivity contribution in [3.63, 3.8) is 0 Å². The van der Waals surface area contributed by atoms with Gasteiger partial charge in [-0.1, -0.05) is 0 Å². The second kappa shape index (κ2) is 2.56. The number of hydrazine groups is 3. The Kier molecular flexibility index (Phi) is 1.96. The zero-order valence-electron chi connectivity index (χ0n) is 5.04. The fourth-order valence-electron chi connectivity index (χ4n) is 0.774. The van der Waals surface area contributed by atoms with E-state index in [-0.39, 0.29) is 12.3 Å². The average molecular weight is 132 g/mol. The lowest BCUT2D eigenvalue weighted by atomic mass is 10.3. The van der Waals surface area contributed by atoms with E-state index in [0.29, 0.717) is 6.42 Å². The van der Waals surface area contributed by atoms with Gasteiger partial charge in [-0.2, -0.15) is 0 Å². The topological polar surface area (TPSA) is 105 Å². The molecule has 2 atom stereocenters. The smallest absolute Gasteiger partial charge is 0.0736 e. The molecule has 1 aliphatic rings. The Hall–Kier alpha value is -0.240. The van der Waals surface area contributed by atoms with E-state index in [1.54, 1.807) is 0 Å². The van der Waals surface area contributed by atoms with Gasteiger partial charge in [-0.15, -0.1) is 5.23 Å². The van der Waals surface area contributed by atoms with Crippen molar-refractivity contribution in [2.24, 2.45) is 17.3 Å². The van der Waals surface area contributed by atoms with Crippen LogP contribution < -0.4 is 28.2 Å². The number of hydrogen-bond acceptors (Lipinski definition) is 6. The summed E-state index contributed by atoms with van der Waals surface area (Å²) >= 11 is 0. The molecular formula is C3H12N6. The molecule has 9 heavy (non-hydrogen) atoms. The van der Waals surface area contributed by atoms with Gasteiger partial charge in [0.05, 0.1) is 12.3 Å². The van der Waals surface area contributed by atoms with Gasteiger partial charge in [0.2, 0.25) is 0 Å². The summed E-state index contributed by atoms with van der Waals surface area (Å²) in [5, 5.41) is 1.18. The van der Waals surface area contributed by atoms with Crippen LogP contribution in [0.2, 0.25) is 0 Å². The number of nitrogens with two attached hydrogens (primary N) is 3. The molecule has 0 bridgehead atoms. The van der Waals surface area contributed by atoms with E-state index < -0.39 is 0 Å². The van der Waals surface area contributed by atoms with Crippen LogP contribution >= 0.6 is 0 Å². The first-order valence-corrected chi connectivity index (χ1v) is 2.77. The number of nitrogens with zero attached hydrogens (tertiary/aromatic N) is 1. The van der Waals surface area contributed by atoms with Crippen molar-refractivity contribution in [1.82, 2.24) is 16.1 Å². The van der Waals surface area contributed by atoms with Crippen LogP contribution in [-0.4, -0.2) is 17.6 Å². The van der Waals surface area contributed by atoms with E-state index in [4.69, 9.17) is 17.3 Å². The lowest BCUT2D eigenvalue weighted by Crippen LogP contribution is -2.69. The molecule has 1 rings (SSSR count). The Morgan fingerprint density at radius 2 is 1.67 bits per heavy atom. The highest BCUT2D eigenvalue weighted by molar-refractivity contribution is 4.67. The van der Waals surface area contributed by atoms with Crippen LogP contribution in [0.25, 0.3) is 0 Å². The van der Waals surface area contributed by atoms with Gasteiger partial charge >= 0.3 is 0 Å². The van der Waals surface area contributed by atoms with Crippen LogP contribution in [0.5, 0.6) is 0 Å². The molecule has 0 radical (unpaired) electrons. The van der Waals surface area contributed by atoms with E-state index in [1.807, 2.05) is 0 Å². The fourth-order valence-corrected chi connectivity index (χ4v) is 0.774. The summed E-state index contributed by atoms with van der Waals surface area (Å²) in [6.45, 7) is 0. The molecular weight excluding hydrogens is 120 g/mol. The van der Waals surface area contributed by atoms with Gasteiger partial charge in [-0.05, 0) is 0 Å². The SMILES string of the molecule is NC1CC(N)NN(N)N1. The molecule has 0 saturated carbocycles. The molecule has 1 fully saturated rings. The maximum absolute atomic E-state index is 5.46. The molecule has 0 aromatic rings. The summed E-state index contributed by atoms with van der Waals surface area (Å²) in [4.78, 5) is 0. The van der Waals surface area contributed by atoms with Crippen molar-refractivity contribution in [3.8, 4) is 0 Å². The third-order valence-electron chi connectivity index (χ3n) is 1.12. The molecule has 0 aromatic carbocycles. The highest BCUT2D eigenvalue weighted by Crippen LogP contribution is 1.91. The standard InChI is InChI=1S/C3H12N6/c4-2-1-3(5)8-9(6)7-2/h2-3,7-8H,1,4-6H2. The van der Waals surface area contributed by atoms with Crippen LogP contribution in [0.3, 0.4) is 0 Å². The van der Waals surface area contributed by atoms with Crippen LogP contribution in [0.4, 0.5) is 0 Å². The molecule has 54 valence electrons. The number of hydrogen-bond donors (Lipinski definition) is 5. The highest BCUT2D eigenvalue weighted by atomic mass is 15.9. The number of nitrogens with one attached hydrogen (secondary N) is 2. The molecule has 6 nitrogen and oxygen atoms in total. The van der Waals surface area contributed by atoms with Gasteiger partial charge in [0.15, 0.2) is 0 Å². The van der Waals surface area contributed by atoms with Gasteiger partial charge < -0.3 is 11.5 Å². The van der Waals surface area contributed by atoms with Crippen molar-refractivity contribution in [3.05, 3.63) is 0 Å². The monoisotopic (exact) mass is 132 g/mol. The summed E-state index contributed by atoms with van der Waals surface area (Å²) in [6.07, 6.45) is 0.380. The Morgan fingerprint density at radius 3 is 2.00 bits per heavy atom. The Bertz CT molecular complexity index is 69.3. The molecule has 0 spiro atoms. The van der Waals surface area contributed by atoms with E-state index in [9.17, 15) is 0 Å². The predicted molar refractivity (Wildman–Crippen MR) is 32.9 cm³/mol. The van der Waals surface area contributed by atoms with Crippen molar-refractivity contribution in [2.75, 3.05) is 0 Å². The van der Waals surface area contributed by atoms with Crippen LogP contribution in [-0.2, 0) is 0 Å². The lowest BCUT2D eigenvalue weighted by Gasteiger charge is -2.32. The summed E-state index contributed by atoms with van der Waals surface area (Å²) in [5.74, 6) is 5.27. The molecule has 2 unspecified atom stereocenters. The molecule has 8 N–H and O–H groups in total. The zero-order valence-corrected chi connectivity index (χ0v) is 5.04. The van der Waals surface area contributed by atoms with Crippen LogP contribution in [0, 0.1) is 0 Å². The largest absolute Gasteiger partial charge is 0.315 e. The van der Waals surface area contributed by atoms with Crippen molar-refractivity contribution in [2.45, 2.75) is 18.8 Å². The van der Waals surface area contributed by atoms with E-state index in [0.717, 1.165) is 0 Å². The molecule has 1 aliphatic heterocycles. The second-order valence-electron chi connectivity index (χ2n) is 2.08. The summed E-state index contributed by atoms with van der Waals surface area (Å²) in [6, 6.07) is 0. The van der Waals surface area contributed by atoms with Crippen molar-refractivity contribution >= 4 is 0 Å². The van der Waals surface area contributed by atoms with E-state index >= 15 is 0 Å². The first-order chi connectivity index (χ1) is 4.18. The van der Waals surface area contributed by atoms with Crippen LogP contribution in [0.1, 0.15) is 6.42 Å². The second-order valence-corrected chi connectivity index (χ2v) is 2.08. The normalized spacial score (nSPS) is 39.0. The molecule has 1 heterocycles. The first kappa shape index (κ1) is 6.87. The minimum atomic E-state index is -0.147. The predicted octanol–water partition coefficient (Wildman–Crippen LogP) is -2.86. The van der Waals surface area contributed by atoms with Crippen molar-refractivity contribution < 1.29 is 0 Å². The zero-order chi connectivity index (χ0) is 6.85. The molecule has 0 aliphatic carbocycles. The molecule has 1 saturated heterocycles. The molecule has 0 amide bonds. The highest BCUT2D eigenvalue weighted by Gasteiger charge is 2.17. The van der Waals surface area contributed by atoms with Gasteiger partial charge in [-0.3, -0.25) is 0 Å². The van der Waals surface area contributed by atoms with E-state index in [2.05, 4.69) is 10.9 Å². The minimum Gasteiger partial charge on any atom is -0.315 e. The minimum absolute atomic E-state index is 0.147. The first-order valence-electron chi connectivity index (χ1n) is 2.77. The summed E-state index contributed by atoms with van der Waals surface area (Å²) in [7, 11) is 0. The summed E-state index contributed by atoms with van der Waals surface area (Å²) in [5.41, 5.74) is 16.3. The van der Waals surface area contributed by atoms with Gasteiger partial charge in [0.1, 0.15) is 0 Å². The molecule has 6 heteroatoms. The van der Waals surface area contributed by atoms with E-state index in [1.165, 1.54) is 5.23 Å². The average Bonchev–Trinajstić information content (AvgIpc) is 1.59. The van der Waals surface area contributed by atoms with Gasteiger partial charge in [0.25, 0.3) is 0 Å². The Morgan fingerprint density at radius 1 is 1.22 bits per heavy atom.